The molecule has 2 saturated heterocycles. The lowest BCUT2D eigenvalue weighted by Crippen LogP contribution is -2.49. The van der Waals surface area contributed by atoms with Crippen LogP contribution in [0, 0.1) is 11.8 Å². The molecule has 2 rings (SSSR count). The minimum absolute atomic E-state index is 0. The molecule has 0 aromatic rings. The van der Waals surface area contributed by atoms with Crippen molar-refractivity contribution in [2.24, 2.45) is 16.8 Å². The van der Waals surface area contributed by atoms with Crippen molar-refractivity contribution in [1.29, 1.82) is 0 Å². The Balaban J connectivity index is 0.00000312. The molecule has 2 fully saturated rings. The van der Waals surface area contributed by atoms with E-state index in [4.69, 9.17) is 9.73 Å². The first-order chi connectivity index (χ1) is 11.6. The Kier molecular flexibility index (Phi) is 11.8. The van der Waals surface area contributed by atoms with Gasteiger partial charge in [-0.3, -0.25) is 9.89 Å². The summed E-state index contributed by atoms with van der Waals surface area (Å²) in [7, 11) is 0. The largest absolute Gasteiger partial charge is 0.379 e. The Bertz CT molecular complexity index is 391. The van der Waals surface area contributed by atoms with Crippen molar-refractivity contribution in [2.45, 2.75) is 32.9 Å². The summed E-state index contributed by atoms with van der Waals surface area (Å²) in [6.07, 6.45) is 0. The van der Waals surface area contributed by atoms with Crippen LogP contribution >= 0.6 is 35.7 Å². The number of guanidine groups is 1. The number of hydrogen-bond donors (Lipinski definition) is 1. The number of hydrogen-bond acceptors (Lipinski definition) is 4. The molecule has 0 aromatic carbocycles. The van der Waals surface area contributed by atoms with Crippen molar-refractivity contribution >= 4 is 41.7 Å². The van der Waals surface area contributed by atoms with E-state index >= 15 is 0 Å². The topological polar surface area (TPSA) is 40.1 Å². The highest BCUT2D eigenvalue weighted by molar-refractivity contribution is 14.0. The van der Waals surface area contributed by atoms with Gasteiger partial charge in [-0.05, 0) is 18.8 Å². The lowest BCUT2D eigenvalue weighted by Gasteiger charge is -2.36. The molecule has 0 bridgehead atoms. The van der Waals surface area contributed by atoms with Crippen LogP contribution in [-0.4, -0.2) is 85.8 Å². The van der Waals surface area contributed by atoms with Gasteiger partial charge in [0.2, 0.25) is 0 Å². The Morgan fingerprint density at radius 3 is 2.60 bits per heavy atom. The fourth-order valence-corrected chi connectivity index (χ4v) is 4.52. The lowest BCUT2D eigenvalue weighted by molar-refractivity contribution is 0.0323. The third-order valence-corrected chi connectivity index (χ3v) is 6.24. The van der Waals surface area contributed by atoms with Crippen molar-refractivity contribution in [3.8, 4) is 0 Å². The highest BCUT2D eigenvalue weighted by Gasteiger charge is 2.25. The van der Waals surface area contributed by atoms with Crippen LogP contribution in [0.5, 0.6) is 0 Å². The first-order valence-corrected chi connectivity index (χ1v) is 10.6. The van der Waals surface area contributed by atoms with Crippen LogP contribution in [-0.2, 0) is 4.74 Å². The van der Waals surface area contributed by atoms with E-state index in [0.29, 0.717) is 11.2 Å². The van der Waals surface area contributed by atoms with Gasteiger partial charge in [0, 0.05) is 56.8 Å². The van der Waals surface area contributed by atoms with Crippen LogP contribution in [0.2, 0.25) is 0 Å². The summed E-state index contributed by atoms with van der Waals surface area (Å²) in [6, 6.07) is 0. The molecule has 25 heavy (non-hydrogen) atoms. The number of nitrogens with zero attached hydrogens (tertiary/aromatic N) is 3. The van der Waals surface area contributed by atoms with Crippen LogP contribution in [0.4, 0.5) is 0 Å². The molecule has 0 aliphatic carbocycles. The maximum atomic E-state index is 5.43. The van der Waals surface area contributed by atoms with Crippen LogP contribution in [0.25, 0.3) is 0 Å². The Morgan fingerprint density at radius 1 is 1.24 bits per heavy atom. The number of thioether (sulfide) groups is 1. The van der Waals surface area contributed by atoms with Gasteiger partial charge in [0.25, 0.3) is 0 Å². The van der Waals surface area contributed by atoms with Crippen molar-refractivity contribution in [2.75, 3.05) is 64.8 Å². The number of halogens is 1. The van der Waals surface area contributed by atoms with E-state index in [1.54, 1.807) is 0 Å². The molecule has 2 aliphatic heterocycles. The molecule has 1 N–H and O–H groups in total. The van der Waals surface area contributed by atoms with Gasteiger partial charge in [-0.2, -0.15) is 11.8 Å². The minimum atomic E-state index is 0. The van der Waals surface area contributed by atoms with Crippen LogP contribution < -0.4 is 5.32 Å². The summed E-state index contributed by atoms with van der Waals surface area (Å²) >= 11 is 2.12. The second-order valence-electron chi connectivity index (χ2n) is 7.31. The average Bonchev–Trinajstić information content (AvgIpc) is 2.59. The maximum absolute atomic E-state index is 5.43. The van der Waals surface area contributed by atoms with Gasteiger partial charge >= 0.3 is 0 Å². The van der Waals surface area contributed by atoms with E-state index in [0.717, 1.165) is 70.9 Å². The zero-order valence-electron chi connectivity index (χ0n) is 16.4. The van der Waals surface area contributed by atoms with Gasteiger partial charge in [0.05, 0.1) is 13.2 Å². The normalized spacial score (nSPS) is 24.1. The first kappa shape index (κ1) is 23.3. The molecule has 148 valence electrons. The van der Waals surface area contributed by atoms with Gasteiger partial charge in [-0.25, -0.2) is 0 Å². The summed E-state index contributed by atoms with van der Waals surface area (Å²) in [5.74, 6) is 3.62. The summed E-state index contributed by atoms with van der Waals surface area (Å²) in [5, 5.41) is 4.22. The smallest absolute Gasteiger partial charge is 0.193 e. The van der Waals surface area contributed by atoms with Crippen molar-refractivity contribution in [3.63, 3.8) is 0 Å². The molecule has 7 heteroatoms. The zero-order valence-corrected chi connectivity index (χ0v) is 19.5. The average molecular weight is 484 g/mol. The van der Waals surface area contributed by atoms with Crippen molar-refractivity contribution in [3.05, 3.63) is 0 Å². The molecular formula is C18H37IN4OS. The molecule has 0 amide bonds. The highest BCUT2D eigenvalue weighted by Crippen LogP contribution is 2.24. The minimum Gasteiger partial charge on any atom is -0.379 e. The van der Waals surface area contributed by atoms with Crippen molar-refractivity contribution < 1.29 is 4.74 Å². The predicted octanol–water partition coefficient (Wildman–Crippen LogP) is 2.61. The zero-order chi connectivity index (χ0) is 17.4. The maximum Gasteiger partial charge on any atom is 0.193 e. The molecule has 2 unspecified atom stereocenters. The van der Waals surface area contributed by atoms with E-state index in [-0.39, 0.29) is 24.0 Å². The molecule has 2 atom stereocenters. The Hall–Kier alpha value is 0.270. The van der Waals surface area contributed by atoms with Gasteiger partial charge in [-0.15, -0.1) is 24.0 Å². The second kappa shape index (κ2) is 12.6. The number of aliphatic imine (C=N–C) groups is 1. The fourth-order valence-electron chi connectivity index (χ4n) is 3.22. The van der Waals surface area contributed by atoms with E-state index in [1.165, 1.54) is 5.75 Å². The number of rotatable bonds is 6. The van der Waals surface area contributed by atoms with Gasteiger partial charge in [0.15, 0.2) is 5.96 Å². The molecule has 0 spiro atoms. The lowest BCUT2D eigenvalue weighted by atomic mass is 10.1. The number of morpholine rings is 1. The Labute approximate surface area is 175 Å². The number of ether oxygens (including phenoxy) is 1. The van der Waals surface area contributed by atoms with E-state index in [9.17, 15) is 0 Å². The SMILES string of the molecule is CCNC(=NCC(C)CN1CCOCC1)N1CCSC(C(C)C)C1.I. The second-order valence-corrected chi connectivity index (χ2v) is 8.66. The molecule has 2 aliphatic rings. The standard InChI is InChI=1S/C18H36N4OS.HI/c1-5-19-18(22-8-11-24-17(14-22)15(2)3)20-12-16(4)13-21-6-9-23-10-7-21;/h15-17H,5-14H2,1-4H3,(H,19,20);1H. The molecule has 5 nitrogen and oxygen atoms in total. The first-order valence-electron chi connectivity index (χ1n) is 9.55. The molecule has 0 radical (unpaired) electrons. The summed E-state index contributed by atoms with van der Waals surface area (Å²) in [6.45, 7) is 18.2. The summed E-state index contributed by atoms with van der Waals surface area (Å²) < 4.78 is 5.43. The highest BCUT2D eigenvalue weighted by atomic mass is 127. The Morgan fingerprint density at radius 2 is 1.96 bits per heavy atom. The van der Waals surface area contributed by atoms with Crippen LogP contribution in [0.3, 0.4) is 0 Å². The summed E-state index contributed by atoms with van der Waals surface area (Å²) in [4.78, 5) is 9.93. The third-order valence-electron chi connectivity index (χ3n) is 4.70. The van der Waals surface area contributed by atoms with Gasteiger partial charge in [-0.1, -0.05) is 20.8 Å². The third kappa shape index (κ3) is 8.22. The monoisotopic (exact) mass is 484 g/mol. The van der Waals surface area contributed by atoms with Gasteiger partial charge in [0.1, 0.15) is 0 Å². The quantitative estimate of drug-likeness (QED) is 0.357. The van der Waals surface area contributed by atoms with E-state index in [2.05, 4.69) is 54.6 Å². The van der Waals surface area contributed by atoms with E-state index < -0.39 is 0 Å². The van der Waals surface area contributed by atoms with Crippen LogP contribution in [0.1, 0.15) is 27.7 Å². The molecule has 2 heterocycles. The molecule has 0 aromatic heterocycles. The summed E-state index contributed by atoms with van der Waals surface area (Å²) in [5.41, 5.74) is 0. The number of nitrogens with one attached hydrogen (secondary N) is 1. The fraction of sp³-hybridized carbons (Fsp3) is 0.944. The van der Waals surface area contributed by atoms with Crippen molar-refractivity contribution in [1.82, 2.24) is 15.1 Å². The molecule has 0 saturated carbocycles. The van der Waals surface area contributed by atoms with Gasteiger partial charge < -0.3 is 15.0 Å². The van der Waals surface area contributed by atoms with E-state index in [1.807, 2.05) is 0 Å². The predicted molar refractivity (Wildman–Crippen MR) is 120 cm³/mol. The molecular weight excluding hydrogens is 447 g/mol. The van der Waals surface area contributed by atoms with Crippen LogP contribution in [0.15, 0.2) is 4.99 Å².